The van der Waals surface area contributed by atoms with E-state index in [1.54, 1.807) is 18.2 Å². The number of phenolic OH excluding ortho intramolecular Hbond substituents is 1. The number of nitrogens with zero attached hydrogens (tertiary/aromatic N) is 1. The highest BCUT2D eigenvalue weighted by Gasteiger charge is 2.34. The van der Waals surface area contributed by atoms with Gasteiger partial charge in [-0.3, -0.25) is 4.79 Å². The Morgan fingerprint density at radius 2 is 1.94 bits per heavy atom. The summed E-state index contributed by atoms with van der Waals surface area (Å²) >= 11 is 0. The summed E-state index contributed by atoms with van der Waals surface area (Å²) < 4.78 is 0. The van der Waals surface area contributed by atoms with Gasteiger partial charge in [-0.15, -0.1) is 0 Å². The molecule has 2 N–H and O–H groups in total. The van der Waals surface area contributed by atoms with Crippen molar-refractivity contribution >= 4 is 5.91 Å². The molecule has 0 heterocycles. The van der Waals surface area contributed by atoms with Crippen LogP contribution in [0.3, 0.4) is 0 Å². The van der Waals surface area contributed by atoms with Gasteiger partial charge in [-0.05, 0) is 25.0 Å². The zero-order valence-corrected chi connectivity index (χ0v) is 10.1. The van der Waals surface area contributed by atoms with Crippen molar-refractivity contribution in [1.82, 2.24) is 5.32 Å². The number of carbonyl (C=O) groups is 1. The number of amides is 1. The average molecular weight is 244 g/mol. The highest BCUT2D eigenvalue weighted by Crippen LogP contribution is 2.28. The predicted octanol–water partition coefficient (Wildman–Crippen LogP) is 2.35. The third-order valence-electron chi connectivity index (χ3n) is 3.42. The lowest BCUT2D eigenvalue weighted by Crippen LogP contribution is -2.48. The largest absolute Gasteiger partial charge is 0.507 e. The molecule has 1 aliphatic carbocycles. The van der Waals surface area contributed by atoms with Gasteiger partial charge in [0.25, 0.3) is 5.91 Å². The van der Waals surface area contributed by atoms with Crippen LogP contribution >= 0.6 is 0 Å². The second-order valence-electron chi connectivity index (χ2n) is 4.73. The molecule has 4 nitrogen and oxygen atoms in total. The van der Waals surface area contributed by atoms with E-state index in [1.165, 1.54) is 6.07 Å². The van der Waals surface area contributed by atoms with Crippen LogP contribution < -0.4 is 5.32 Å². The molecule has 18 heavy (non-hydrogen) atoms. The number of hydrogen-bond donors (Lipinski definition) is 2. The predicted molar refractivity (Wildman–Crippen MR) is 67.0 cm³/mol. The maximum atomic E-state index is 12.1. The Morgan fingerprint density at radius 3 is 2.56 bits per heavy atom. The molecule has 0 aromatic heterocycles. The monoisotopic (exact) mass is 244 g/mol. The van der Waals surface area contributed by atoms with Crippen molar-refractivity contribution in [3.63, 3.8) is 0 Å². The number of nitriles is 1. The molecule has 4 heteroatoms. The highest BCUT2D eigenvalue weighted by atomic mass is 16.3. The number of carbonyl (C=O) groups excluding carboxylic acids is 1. The Bertz CT molecular complexity index is 485. The highest BCUT2D eigenvalue weighted by molar-refractivity contribution is 5.97. The van der Waals surface area contributed by atoms with Gasteiger partial charge < -0.3 is 10.4 Å². The quantitative estimate of drug-likeness (QED) is 0.838. The van der Waals surface area contributed by atoms with Crippen LogP contribution in [0.4, 0.5) is 0 Å². The fourth-order valence-electron chi connectivity index (χ4n) is 2.37. The van der Waals surface area contributed by atoms with Gasteiger partial charge in [0.1, 0.15) is 11.3 Å². The van der Waals surface area contributed by atoms with Crippen molar-refractivity contribution in [3.8, 4) is 11.8 Å². The van der Waals surface area contributed by atoms with Gasteiger partial charge in [0.15, 0.2) is 0 Å². The molecule has 0 aliphatic heterocycles. The van der Waals surface area contributed by atoms with E-state index in [0.717, 1.165) is 19.3 Å². The Hall–Kier alpha value is -2.02. The topological polar surface area (TPSA) is 73.1 Å². The smallest absolute Gasteiger partial charge is 0.256 e. The molecule has 0 atom stereocenters. The van der Waals surface area contributed by atoms with Crippen LogP contribution in [-0.4, -0.2) is 16.6 Å². The number of aromatic hydroxyl groups is 1. The van der Waals surface area contributed by atoms with Crippen molar-refractivity contribution in [1.29, 1.82) is 5.26 Å². The molecule has 0 unspecified atom stereocenters. The first-order valence-electron chi connectivity index (χ1n) is 6.19. The first-order valence-corrected chi connectivity index (χ1v) is 6.19. The fraction of sp³-hybridized carbons (Fsp3) is 0.429. The number of nitrogens with one attached hydrogen (secondary N) is 1. The zero-order valence-electron chi connectivity index (χ0n) is 10.1. The standard InChI is InChI=1S/C14H16N2O2/c15-10-14(8-4-1-5-9-14)16-13(18)11-6-2-3-7-12(11)17/h2-3,6-7,17H,1,4-5,8-9H2,(H,16,18). The van der Waals surface area contributed by atoms with E-state index in [-0.39, 0.29) is 17.2 Å². The number of phenols is 1. The summed E-state index contributed by atoms with van der Waals surface area (Å²) in [6.07, 6.45) is 4.38. The summed E-state index contributed by atoms with van der Waals surface area (Å²) in [4.78, 5) is 12.1. The maximum Gasteiger partial charge on any atom is 0.256 e. The summed E-state index contributed by atoms with van der Waals surface area (Å²) in [5.41, 5.74) is -0.546. The molecule has 1 aromatic carbocycles. The minimum Gasteiger partial charge on any atom is -0.507 e. The minimum atomic E-state index is -0.766. The molecule has 1 fully saturated rings. The van der Waals surface area contributed by atoms with Crippen LogP contribution in [0.15, 0.2) is 24.3 Å². The van der Waals surface area contributed by atoms with Gasteiger partial charge >= 0.3 is 0 Å². The van der Waals surface area contributed by atoms with Gasteiger partial charge in [0.05, 0.1) is 11.6 Å². The lowest BCUT2D eigenvalue weighted by atomic mass is 9.82. The van der Waals surface area contributed by atoms with Gasteiger partial charge in [0, 0.05) is 0 Å². The van der Waals surface area contributed by atoms with Crippen LogP contribution in [0.5, 0.6) is 5.75 Å². The third kappa shape index (κ3) is 2.45. The van der Waals surface area contributed by atoms with Gasteiger partial charge in [-0.1, -0.05) is 31.4 Å². The van der Waals surface area contributed by atoms with Crippen LogP contribution in [0.1, 0.15) is 42.5 Å². The summed E-state index contributed by atoms with van der Waals surface area (Å²) in [5, 5.41) is 21.7. The van der Waals surface area contributed by atoms with E-state index in [4.69, 9.17) is 0 Å². The summed E-state index contributed by atoms with van der Waals surface area (Å²) in [5.74, 6) is -0.435. The molecule has 1 amide bonds. The Morgan fingerprint density at radius 1 is 1.28 bits per heavy atom. The second kappa shape index (κ2) is 5.09. The Labute approximate surface area is 106 Å². The molecular weight excluding hydrogens is 228 g/mol. The van der Waals surface area contributed by atoms with Crippen molar-refractivity contribution in [3.05, 3.63) is 29.8 Å². The summed E-state index contributed by atoms with van der Waals surface area (Å²) in [7, 11) is 0. The molecule has 2 rings (SSSR count). The van der Waals surface area contributed by atoms with E-state index in [2.05, 4.69) is 11.4 Å². The second-order valence-corrected chi connectivity index (χ2v) is 4.73. The molecule has 0 saturated heterocycles. The number of benzene rings is 1. The minimum absolute atomic E-state index is 0.0566. The van der Waals surface area contributed by atoms with Crippen LogP contribution in [0, 0.1) is 11.3 Å². The average Bonchev–Trinajstić information content (AvgIpc) is 2.40. The van der Waals surface area contributed by atoms with Gasteiger partial charge in [-0.25, -0.2) is 0 Å². The lowest BCUT2D eigenvalue weighted by molar-refractivity contribution is 0.0900. The van der Waals surface area contributed by atoms with Crippen LogP contribution in [-0.2, 0) is 0 Å². The van der Waals surface area contributed by atoms with Crippen molar-refractivity contribution < 1.29 is 9.90 Å². The summed E-state index contributed by atoms with van der Waals surface area (Å²) in [6, 6.07) is 8.59. The first kappa shape index (κ1) is 12.4. The van der Waals surface area contributed by atoms with E-state index in [1.807, 2.05) is 0 Å². The van der Waals surface area contributed by atoms with E-state index >= 15 is 0 Å². The first-order chi connectivity index (χ1) is 8.67. The Balaban J connectivity index is 2.16. The molecule has 94 valence electrons. The fourth-order valence-corrected chi connectivity index (χ4v) is 2.37. The third-order valence-corrected chi connectivity index (χ3v) is 3.42. The Kier molecular flexibility index (Phi) is 3.52. The molecule has 0 radical (unpaired) electrons. The van der Waals surface area contributed by atoms with Gasteiger partial charge in [0.2, 0.25) is 0 Å². The molecule has 0 spiro atoms. The molecule has 1 aromatic rings. The van der Waals surface area contributed by atoms with Crippen molar-refractivity contribution in [2.45, 2.75) is 37.6 Å². The number of para-hydroxylation sites is 1. The molecular formula is C14H16N2O2. The van der Waals surface area contributed by atoms with Crippen LogP contribution in [0.25, 0.3) is 0 Å². The summed E-state index contributed by atoms with van der Waals surface area (Å²) in [6.45, 7) is 0. The van der Waals surface area contributed by atoms with E-state index < -0.39 is 5.54 Å². The molecule has 1 saturated carbocycles. The van der Waals surface area contributed by atoms with Crippen LogP contribution in [0.2, 0.25) is 0 Å². The van der Waals surface area contributed by atoms with E-state index in [0.29, 0.717) is 12.8 Å². The van der Waals surface area contributed by atoms with Crippen molar-refractivity contribution in [2.24, 2.45) is 0 Å². The maximum absolute atomic E-state index is 12.1. The van der Waals surface area contributed by atoms with E-state index in [9.17, 15) is 15.2 Å². The van der Waals surface area contributed by atoms with Crippen molar-refractivity contribution in [2.75, 3.05) is 0 Å². The number of rotatable bonds is 2. The van der Waals surface area contributed by atoms with Gasteiger partial charge in [-0.2, -0.15) is 5.26 Å². The SMILES string of the molecule is N#CC1(NC(=O)c2ccccc2O)CCCCC1. The normalized spacial score (nSPS) is 17.7. The zero-order chi connectivity index (χ0) is 13.0. The molecule has 0 bridgehead atoms. The molecule has 1 aliphatic rings. The lowest BCUT2D eigenvalue weighted by Gasteiger charge is -2.31. The number of hydrogen-bond acceptors (Lipinski definition) is 3.